The molecule has 2 heterocycles. The molecule has 0 saturated carbocycles. The number of nitrogens with one attached hydrogen (secondary N) is 1. The van der Waals surface area contributed by atoms with Crippen LogP contribution in [0.25, 0.3) is 31.1 Å². The Morgan fingerprint density at radius 1 is 1.15 bits per heavy atom. The van der Waals surface area contributed by atoms with E-state index in [4.69, 9.17) is 0 Å². The number of hydrogen-bond acceptors (Lipinski definition) is 5. The van der Waals surface area contributed by atoms with Crippen LogP contribution in [0.5, 0.6) is 0 Å². The lowest BCUT2D eigenvalue weighted by molar-refractivity contribution is 0.425. The molecule has 2 aromatic heterocycles. The predicted octanol–water partition coefficient (Wildman–Crippen LogP) is 4.08. The number of fused-ring (bicyclic) bond motifs is 4. The lowest BCUT2D eigenvalue weighted by atomic mass is 10.1. The normalized spacial score (nSPS) is 11.7. The highest BCUT2D eigenvalue weighted by Crippen LogP contribution is 2.32. The molecule has 2 aromatic carbocycles. The topological polar surface area (TPSA) is 45.2 Å². The van der Waals surface area contributed by atoms with Crippen molar-refractivity contribution >= 4 is 48.1 Å². The quantitative estimate of drug-likeness (QED) is 0.436. The highest BCUT2D eigenvalue weighted by atomic mass is 32.1. The Kier molecular flexibility index (Phi) is 4.30. The van der Waals surface area contributed by atoms with Gasteiger partial charge in [-0.2, -0.15) is 0 Å². The molecule has 0 spiro atoms. The molecule has 6 heteroatoms. The van der Waals surface area contributed by atoms with Crippen LogP contribution in [0, 0.1) is 5.82 Å². The zero-order valence-electron chi connectivity index (χ0n) is 14.5. The summed E-state index contributed by atoms with van der Waals surface area (Å²) in [5.74, 6) is -0.399. The standard InChI is InChI=1S/C20H18FN3OS/c1-24(2)9-8-22-14-4-3-5-15-18(14)19-17(11-23-15)26-16-7-6-12(21)10-13(16)20(19)25/h3-7,10-11,22H,8-9H2,1-2H3. The third kappa shape index (κ3) is 2.91. The number of nitrogens with zero attached hydrogens (tertiary/aromatic N) is 2. The number of aromatic nitrogens is 1. The van der Waals surface area contributed by atoms with Gasteiger partial charge in [-0.3, -0.25) is 9.78 Å². The molecule has 4 rings (SSSR count). The summed E-state index contributed by atoms with van der Waals surface area (Å²) in [6, 6.07) is 10.1. The van der Waals surface area contributed by atoms with Crippen molar-refractivity contribution in [3.8, 4) is 0 Å². The average molecular weight is 367 g/mol. The van der Waals surface area contributed by atoms with Crippen LogP contribution in [0.2, 0.25) is 0 Å². The van der Waals surface area contributed by atoms with E-state index in [0.717, 1.165) is 39.1 Å². The van der Waals surface area contributed by atoms with Crippen molar-refractivity contribution in [1.82, 2.24) is 9.88 Å². The van der Waals surface area contributed by atoms with Gasteiger partial charge in [-0.15, -0.1) is 11.3 Å². The average Bonchev–Trinajstić information content (AvgIpc) is 2.62. The summed E-state index contributed by atoms with van der Waals surface area (Å²) >= 11 is 1.46. The van der Waals surface area contributed by atoms with E-state index < -0.39 is 5.82 Å². The van der Waals surface area contributed by atoms with E-state index in [1.807, 2.05) is 32.3 Å². The Balaban J connectivity index is 2.02. The van der Waals surface area contributed by atoms with E-state index in [1.54, 1.807) is 12.3 Å². The fourth-order valence-corrected chi connectivity index (χ4v) is 4.15. The zero-order chi connectivity index (χ0) is 18.3. The molecule has 0 saturated heterocycles. The lowest BCUT2D eigenvalue weighted by Gasteiger charge is -2.14. The van der Waals surface area contributed by atoms with Gasteiger partial charge >= 0.3 is 0 Å². The number of rotatable bonds is 4. The third-order valence-corrected chi connectivity index (χ3v) is 5.47. The van der Waals surface area contributed by atoms with Crippen molar-refractivity contribution in [3.05, 3.63) is 58.6 Å². The first-order valence-corrected chi connectivity index (χ1v) is 9.18. The lowest BCUT2D eigenvalue weighted by Crippen LogP contribution is -2.21. The SMILES string of the molecule is CN(C)CCNc1cccc2ncc3sc4ccc(F)cc4c(=O)c3c12. The first-order chi connectivity index (χ1) is 12.5. The number of pyridine rings is 1. The third-order valence-electron chi connectivity index (χ3n) is 4.37. The summed E-state index contributed by atoms with van der Waals surface area (Å²) < 4.78 is 15.3. The van der Waals surface area contributed by atoms with Gasteiger partial charge in [0.15, 0.2) is 5.43 Å². The van der Waals surface area contributed by atoms with E-state index in [1.165, 1.54) is 23.5 Å². The fourth-order valence-electron chi connectivity index (χ4n) is 3.11. The summed E-state index contributed by atoms with van der Waals surface area (Å²) in [5, 5.41) is 5.23. The second kappa shape index (κ2) is 6.63. The molecule has 0 bridgehead atoms. The number of likely N-dealkylation sites (N-methyl/N-ethyl adjacent to an activating group) is 1. The summed E-state index contributed by atoms with van der Waals surface area (Å²) in [6.07, 6.45) is 1.73. The fraction of sp³-hybridized carbons (Fsp3) is 0.200. The predicted molar refractivity (Wildman–Crippen MR) is 108 cm³/mol. The molecule has 0 unspecified atom stereocenters. The Morgan fingerprint density at radius 2 is 2.00 bits per heavy atom. The minimum absolute atomic E-state index is 0.150. The van der Waals surface area contributed by atoms with Crippen molar-refractivity contribution in [3.63, 3.8) is 0 Å². The van der Waals surface area contributed by atoms with Gasteiger partial charge in [0.05, 0.1) is 15.6 Å². The van der Waals surface area contributed by atoms with E-state index in [9.17, 15) is 9.18 Å². The summed E-state index contributed by atoms with van der Waals surface area (Å²) in [5.41, 5.74) is 1.48. The molecular weight excluding hydrogens is 349 g/mol. The van der Waals surface area contributed by atoms with Crippen LogP contribution in [-0.4, -0.2) is 37.1 Å². The van der Waals surface area contributed by atoms with Crippen LogP contribution in [0.1, 0.15) is 0 Å². The molecule has 0 aliphatic carbocycles. The zero-order valence-corrected chi connectivity index (χ0v) is 15.4. The number of hydrogen-bond donors (Lipinski definition) is 1. The van der Waals surface area contributed by atoms with E-state index in [2.05, 4.69) is 15.2 Å². The second-order valence-electron chi connectivity index (χ2n) is 6.50. The molecule has 0 aliphatic heterocycles. The second-order valence-corrected chi connectivity index (χ2v) is 7.58. The van der Waals surface area contributed by atoms with Crippen LogP contribution < -0.4 is 10.7 Å². The van der Waals surface area contributed by atoms with Gasteiger partial charge in [-0.25, -0.2) is 4.39 Å². The molecule has 4 nitrogen and oxygen atoms in total. The van der Waals surface area contributed by atoms with Crippen molar-refractivity contribution in [2.24, 2.45) is 0 Å². The van der Waals surface area contributed by atoms with Crippen molar-refractivity contribution in [1.29, 1.82) is 0 Å². The van der Waals surface area contributed by atoms with Crippen LogP contribution in [0.3, 0.4) is 0 Å². The summed E-state index contributed by atoms with van der Waals surface area (Å²) in [6.45, 7) is 1.62. The molecule has 0 fully saturated rings. The van der Waals surface area contributed by atoms with Crippen molar-refractivity contribution in [2.75, 3.05) is 32.5 Å². The highest BCUT2D eigenvalue weighted by Gasteiger charge is 2.13. The number of halogens is 1. The molecule has 0 aliphatic rings. The van der Waals surface area contributed by atoms with Gasteiger partial charge in [0.1, 0.15) is 5.82 Å². The molecule has 132 valence electrons. The Morgan fingerprint density at radius 3 is 2.81 bits per heavy atom. The Labute approximate surface area is 153 Å². The van der Waals surface area contributed by atoms with Gasteiger partial charge in [-0.05, 0) is 44.4 Å². The number of benzene rings is 2. The minimum atomic E-state index is -0.399. The summed E-state index contributed by atoms with van der Waals surface area (Å²) in [7, 11) is 4.03. The maximum absolute atomic E-state index is 13.7. The van der Waals surface area contributed by atoms with Crippen LogP contribution in [0.4, 0.5) is 10.1 Å². The van der Waals surface area contributed by atoms with Gasteiger partial charge in [-0.1, -0.05) is 6.07 Å². The van der Waals surface area contributed by atoms with Crippen LogP contribution in [0.15, 0.2) is 47.4 Å². The first-order valence-electron chi connectivity index (χ1n) is 8.37. The molecule has 4 aromatic rings. The van der Waals surface area contributed by atoms with Crippen LogP contribution >= 0.6 is 11.3 Å². The van der Waals surface area contributed by atoms with Gasteiger partial charge in [0.25, 0.3) is 0 Å². The van der Waals surface area contributed by atoms with Gasteiger partial charge in [0.2, 0.25) is 0 Å². The molecule has 1 N–H and O–H groups in total. The van der Waals surface area contributed by atoms with Crippen molar-refractivity contribution in [2.45, 2.75) is 0 Å². The maximum atomic E-state index is 13.7. The molecule has 26 heavy (non-hydrogen) atoms. The van der Waals surface area contributed by atoms with Gasteiger partial charge in [0, 0.05) is 40.4 Å². The van der Waals surface area contributed by atoms with Crippen molar-refractivity contribution < 1.29 is 4.39 Å². The smallest absolute Gasteiger partial charge is 0.196 e. The summed E-state index contributed by atoms with van der Waals surface area (Å²) in [4.78, 5) is 19.8. The Bertz CT molecular complexity index is 1190. The largest absolute Gasteiger partial charge is 0.383 e. The van der Waals surface area contributed by atoms with Gasteiger partial charge < -0.3 is 10.2 Å². The monoisotopic (exact) mass is 367 g/mol. The molecular formula is C20H18FN3OS. The minimum Gasteiger partial charge on any atom is -0.383 e. The van der Waals surface area contributed by atoms with Crippen LogP contribution in [-0.2, 0) is 0 Å². The first kappa shape index (κ1) is 16.9. The van der Waals surface area contributed by atoms with E-state index in [-0.39, 0.29) is 5.43 Å². The van der Waals surface area contributed by atoms with E-state index in [0.29, 0.717) is 10.8 Å². The van der Waals surface area contributed by atoms with E-state index >= 15 is 0 Å². The molecule has 0 radical (unpaired) electrons. The maximum Gasteiger partial charge on any atom is 0.196 e. The molecule has 0 atom stereocenters. The highest BCUT2D eigenvalue weighted by molar-refractivity contribution is 7.24. The molecule has 0 amide bonds. The number of anilines is 1. The Hall–Kier alpha value is -2.57.